The molecule has 1 fully saturated rings. The quantitative estimate of drug-likeness (QED) is 0.543. The molecule has 0 saturated heterocycles. The highest BCUT2D eigenvalue weighted by Crippen LogP contribution is 2.54. The molecule has 3 rings (SSSR count). The van der Waals surface area contributed by atoms with Gasteiger partial charge >= 0.3 is 0 Å². The topological polar surface area (TPSA) is 66.5 Å². The smallest absolute Gasteiger partial charge is 0.157 e. The van der Waals surface area contributed by atoms with E-state index in [-0.39, 0.29) is 17.5 Å². The molecule has 14 heavy (non-hydrogen) atoms. The fourth-order valence-corrected chi connectivity index (χ4v) is 2.97. The van der Waals surface area contributed by atoms with Crippen LogP contribution in [0.3, 0.4) is 0 Å². The second-order valence-corrected chi connectivity index (χ2v) is 4.41. The van der Waals surface area contributed by atoms with Gasteiger partial charge in [0.2, 0.25) is 0 Å². The molecular formula is C11H13NO2. The molecule has 3 atom stereocenters. The summed E-state index contributed by atoms with van der Waals surface area (Å²) in [4.78, 5) is 0. The Morgan fingerprint density at radius 2 is 1.71 bits per heavy atom. The number of phenolic OH excluding ortho intramolecular Hbond substituents is 2. The molecular weight excluding hydrogens is 178 g/mol. The maximum Gasteiger partial charge on any atom is 0.157 e. The maximum absolute atomic E-state index is 9.41. The Bertz CT molecular complexity index is 403. The van der Waals surface area contributed by atoms with Gasteiger partial charge in [0.25, 0.3) is 0 Å². The number of benzene rings is 1. The Morgan fingerprint density at radius 3 is 2.43 bits per heavy atom. The van der Waals surface area contributed by atoms with Crippen molar-refractivity contribution in [1.29, 1.82) is 0 Å². The Kier molecular flexibility index (Phi) is 1.40. The van der Waals surface area contributed by atoms with E-state index in [9.17, 15) is 10.2 Å². The highest BCUT2D eigenvalue weighted by atomic mass is 16.3. The molecule has 1 saturated carbocycles. The van der Waals surface area contributed by atoms with Crippen LogP contribution in [0.5, 0.6) is 11.5 Å². The molecule has 3 nitrogen and oxygen atoms in total. The van der Waals surface area contributed by atoms with Gasteiger partial charge < -0.3 is 15.9 Å². The van der Waals surface area contributed by atoms with E-state index < -0.39 is 0 Å². The third kappa shape index (κ3) is 0.852. The first-order valence-corrected chi connectivity index (χ1v) is 4.98. The van der Waals surface area contributed by atoms with Gasteiger partial charge in [0, 0.05) is 12.0 Å². The molecule has 0 spiro atoms. The SMILES string of the molecule is N[C@@H]1C[C@@H]2C[C@H]1c1cc(O)c(O)cc12. The Labute approximate surface area is 82.2 Å². The highest BCUT2D eigenvalue weighted by molar-refractivity contribution is 5.52. The van der Waals surface area contributed by atoms with Gasteiger partial charge in [0.05, 0.1) is 0 Å². The third-order valence-electron chi connectivity index (χ3n) is 3.63. The van der Waals surface area contributed by atoms with Gasteiger partial charge in [0.15, 0.2) is 11.5 Å². The summed E-state index contributed by atoms with van der Waals surface area (Å²) in [6.07, 6.45) is 2.10. The summed E-state index contributed by atoms with van der Waals surface area (Å²) in [5, 5.41) is 18.8. The van der Waals surface area contributed by atoms with Crippen molar-refractivity contribution in [2.75, 3.05) is 0 Å². The van der Waals surface area contributed by atoms with Crippen LogP contribution < -0.4 is 5.73 Å². The van der Waals surface area contributed by atoms with Crippen LogP contribution in [-0.4, -0.2) is 16.3 Å². The lowest BCUT2D eigenvalue weighted by Gasteiger charge is -2.21. The number of phenols is 2. The molecule has 0 aromatic heterocycles. The molecule has 2 aliphatic carbocycles. The van der Waals surface area contributed by atoms with Crippen molar-refractivity contribution in [3.05, 3.63) is 23.3 Å². The molecule has 2 aliphatic rings. The van der Waals surface area contributed by atoms with Crippen molar-refractivity contribution < 1.29 is 10.2 Å². The maximum atomic E-state index is 9.41. The average Bonchev–Trinajstić information content (AvgIpc) is 2.64. The monoisotopic (exact) mass is 191 g/mol. The number of nitrogens with two attached hydrogens (primary N) is 1. The minimum Gasteiger partial charge on any atom is -0.504 e. The zero-order chi connectivity index (χ0) is 9.87. The molecule has 0 amide bonds. The number of fused-ring (bicyclic) bond motifs is 5. The van der Waals surface area contributed by atoms with Crippen molar-refractivity contribution in [2.45, 2.75) is 30.7 Å². The van der Waals surface area contributed by atoms with E-state index in [1.807, 2.05) is 0 Å². The largest absolute Gasteiger partial charge is 0.504 e. The molecule has 1 aromatic rings. The van der Waals surface area contributed by atoms with Gasteiger partial charge in [0.1, 0.15) is 0 Å². The van der Waals surface area contributed by atoms with Crippen molar-refractivity contribution in [3.63, 3.8) is 0 Å². The van der Waals surface area contributed by atoms with Crippen LogP contribution in [-0.2, 0) is 0 Å². The second kappa shape index (κ2) is 2.42. The standard InChI is InChI=1S/C11H13NO2/c12-9-2-5-1-8(9)7-4-11(14)10(13)3-6(5)7/h3-5,8-9,13-14H,1-2,12H2/t5-,8-,9+/m0/s1. The minimum absolute atomic E-state index is 0.00938. The predicted molar refractivity (Wildman–Crippen MR) is 52.5 cm³/mol. The lowest BCUT2D eigenvalue weighted by atomic mass is 9.88. The van der Waals surface area contributed by atoms with E-state index in [1.54, 1.807) is 12.1 Å². The fourth-order valence-electron chi connectivity index (χ4n) is 2.97. The van der Waals surface area contributed by atoms with Crippen molar-refractivity contribution in [3.8, 4) is 11.5 Å². The van der Waals surface area contributed by atoms with E-state index in [4.69, 9.17) is 5.73 Å². The third-order valence-corrected chi connectivity index (χ3v) is 3.63. The van der Waals surface area contributed by atoms with Gasteiger partial charge in [-0.05, 0) is 42.0 Å². The van der Waals surface area contributed by atoms with E-state index in [0.29, 0.717) is 11.8 Å². The van der Waals surface area contributed by atoms with Crippen LogP contribution in [0, 0.1) is 0 Å². The normalized spacial score (nSPS) is 33.4. The van der Waals surface area contributed by atoms with Crippen LogP contribution in [0.4, 0.5) is 0 Å². The lowest BCUT2D eigenvalue weighted by molar-refractivity contribution is 0.401. The molecule has 0 radical (unpaired) electrons. The first-order valence-electron chi connectivity index (χ1n) is 4.98. The van der Waals surface area contributed by atoms with Crippen molar-refractivity contribution in [1.82, 2.24) is 0 Å². The fraction of sp³-hybridized carbons (Fsp3) is 0.455. The predicted octanol–water partition coefficient (Wildman–Crippen LogP) is 1.40. The molecule has 0 unspecified atom stereocenters. The van der Waals surface area contributed by atoms with Crippen molar-refractivity contribution in [2.24, 2.45) is 5.73 Å². The van der Waals surface area contributed by atoms with Gasteiger partial charge in [-0.1, -0.05) is 0 Å². The first kappa shape index (κ1) is 8.12. The molecule has 2 bridgehead atoms. The number of rotatable bonds is 0. The van der Waals surface area contributed by atoms with Crippen LogP contribution in [0.15, 0.2) is 12.1 Å². The molecule has 3 heteroatoms. The summed E-state index contributed by atoms with van der Waals surface area (Å²) < 4.78 is 0. The number of aromatic hydroxyl groups is 2. The van der Waals surface area contributed by atoms with Gasteiger partial charge in [-0.2, -0.15) is 0 Å². The van der Waals surface area contributed by atoms with Crippen LogP contribution in [0.25, 0.3) is 0 Å². The summed E-state index contributed by atoms with van der Waals surface area (Å²) in [6.45, 7) is 0. The highest BCUT2D eigenvalue weighted by Gasteiger charge is 2.42. The second-order valence-electron chi connectivity index (χ2n) is 4.41. The van der Waals surface area contributed by atoms with Gasteiger partial charge in [-0.15, -0.1) is 0 Å². The Balaban J connectivity index is 2.18. The summed E-state index contributed by atoms with van der Waals surface area (Å²) >= 11 is 0. The minimum atomic E-state index is -0.0245. The number of hydrogen-bond donors (Lipinski definition) is 3. The van der Waals surface area contributed by atoms with E-state index in [2.05, 4.69) is 0 Å². The molecule has 0 aliphatic heterocycles. The Morgan fingerprint density at radius 1 is 1.07 bits per heavy atom. The van der Waals surface area contributed by atoms with Crippen LogP contribution >= 0.6 is 0 Å². The van der Waals surface area contributed by atoms with Crippen LogP contribution in [0.2, 0.25) is 0 Å². The average molecular weight is 191 g/mol. The Hall–Kier alpha value is -1.22. The van der Waals surface area contributed by atoms with E-state index in [1.165, 1.54) is 5.56 Å². The zero-order valence-corrected chi connectivity index (χ0v) is 7.77. The summed E-state index contributed by atoms with van der Waals surface area (Å²) in [5.74, 6) is 0.853. The molecule has 74 valence electrons. The summed E-state index contributed by atoms with van der Waals surface area (Å²) in [7, 11) is 0. The zero-order valence-electron chi connectivity index (χ0n) is 7.77. The first-order chi connectivity index (χ1) is 6.66. The van der Waals surface area contributed by atoms with Gasteiger partial charge in [-0.3, -0.25) is 0 Å². The summed E-state index contributed by atoms with van der Waals surface area (Å²) in [6, 6.07) is 3.60. The van der Waals surface area contributed by atoms with E-state index >= 15 is 0 Å². The lowest BCUT2D eigenvalue weighted by Crippen LogP contribution is -2.25. The molecule has 1 aromatic carbocycles. The summed E-state index contributed by atoms with van der Waals surface area (Å²) in [5.41, 5.74) is 8.31. The van der Waals surface area contributed by atoms with Crippen LogP contribution in [0.1, 0.15) is 35.8 Å². The van der Waals surface area contributed by atoms with Gasteiger partial charge in [-0.25, -0.2) is 0 Å². The molecule has 4 N–H and O–H groups in total. The van der Waals surface area contributed by atoms with E-state index in [0.717, 1.165) is 18.4 Å². The number of hydrogen-bond acceptors (Lipinski definition) is 3. The molecule has 0 heterocycles. The van der Waals surface area contributed by atoms with Crippen molar-refractivity contribution >= 4 is 0 Å².